The highest BCUT2D eigenvalue weighted by molar-refractivity contribution is 6.04. The number of carbonyl (C=O) groups excluding carboxylic acids is 2. The third-order valence-electron chi connectivity index (χ3n) is 4.51. The van der Waals surface area contributed by atoms with E-state index in [-0.39, 0.29) is 12.3 Å². The quantitative estimate of drug-likeness (QED) is 0.707. The molecular formula is C21H20N2O5. The van der Waals surface area contributed by atoms with Gasteiger partial charge in [-0.2, -0.15) is 0 Å². The molecule has 0 aliphatic rings. The number of ketones is 1. The van der Waals surface area contributed by atoms with Crippen LogP contribution < -0.4 is 15.6 Å². The zero-order chi connectivity index (χ0) is 20.4. The fraction of sp³-hybridized carbons (Fsp3) is 0.190. The van der Waals surface area contributed by atoms with Crippen LogP contribution in [0.4, 0.5) is 0 Å². The molecule has 0 bridgehead atoms. The lowest BCUT2D eigenvalue weighted by atomic mass is 10.0. The van der Waals surface area contributed by atoms with E-state index in [9.17, 15) is 19.5 Å². The zero-order valence-corrected chi connectivity index (χ0v) is 15.8. The summed E-state index contributed by atoms with van der Waals surface area (Å²) in [6.07, 6.45) is 0. The second-order valence-electron chi connectivity index (χ2n) is 6.40. The molecule has 2 aromatic carbocycles. The predicted octanol–water partition coefficient (Wildman–Crippen LogP) is 2.24. The van der Waals surface area contributed by atoms with Crippen LogP contribution in [0.2, 0.25) is 0 Å². The fourth-order valence-electron chi connectivity index (χ4n) is 3.08. The van der Waals surface area contributed by atoms with Crippen LogP contribution in [-0.2, 0) is 11.8 Å². The molecule has 3 aromatic rings. The SMILES string of the molecule is COc1ccccc1-c1ccc2c(c1)c(O)c(C(=O)NCC(C)=O)c(=O)n2C. The highest BCUT2D eigenvalue weighted by Gasteiger charge is 2.22. The van der Waals surface area contributed by atoms with Crippen molar-refractivity contribution in [2.24, 2.45) is 7.05 Å². The summed E-state index contributed by atoms with van der Waals surface area (Å²) < 4.78 is 6.68. The number of aryl methyl sites for hydroxylation is 1. The summed E-state index contributed by atoms with van der Waals surface area (Å²) in [6.45, 7) is 1.10. The van der Waals surface area contributed by atoms with E-state index in [1.807, 2.05) is 30.3 Å². The number of nitrogens with one attached hydrogen (secondary N) is 1. The molecule has 7 nitrogen and oxygen atoms in total. The van der Waals surface area contributed by atoms with Gasteiger partial charge in [0, 0.05) is 18.0 Å². The van der Waals surface area contributed by atoms with Crippen molar-refractivity contribution in [2.45, 2.75) is 6.92 Å². The number of carbonyl (C=O) groups is 2. The number of nitrogens with zero attached hydrogens (tertiary/aromatic N) is 1. The summed E-state index contributed by atoms with van der Waals surface area (Å²) in [5.41, 5.74) is 1.01. The Morgan fingerprint density at radius 2 is 1.89 bits per heavy atom. The Bertz CT molecular complexity index is 1150. The number of amides is 1. The molecule has 1 heterocycles. The van der Waals surface area contributed by atoms with Crippen molar-refractivity contribution < 1.29 is 19.4 Å². The molecule has 28 heavy (non-hydrogen) atoms. The third-order valence-corrected chi connectivity index (χ3v) is 4.51. The Labute approximate surface area is 161 Å². The van der Waals surface area contributed by atoms with Gasteiger partial charge < -0.3 is 19.7 Å². The Morgan fingerprint density at radius 1 is 1.18 bits per heavy atom. The molecule has 3 rings (SSSR count). The van der Waals surface area contributed by atoms with Crippen LogP contribution in [0.3, 0.4) is 0 Å². The smallest absolute Gasteiger partial charge is 0.267 e. The number of methoxy groups -OCH3 is 1. The van der Waals surface area contributed by atoms with Gasteiger partial charge in [0.25, 0.3) is 11.5 Å². The Morgan fingerprint density at radius 3 is 2.57 bits per heavy atom. The summed E-state index contributed by atoms with van der Waals surface area (Å²) >= 11 is 0. The van der Waals surface area contributed by atoms with Crippen LogP contribution in [0.15, 0.2) is 47.3 Å². The van der Waals surface area contributed by atoms with Crippen molar-refractivity contribution in [3.05, 3.63) is 58.4 Å². The molecule has 0 unspecified atom stereocenters. The molecular weight excluding hydrogens is 360 g/mol. The van der Waals surface area contributed by atoms with E-state index >= 15 is 0 Å². The first-order valence-corrected chi connectivity index (χ1v) is 8.62. The molecule has 0 atom stereocenters. The van der Waals surface area contributed by atoms with Crippen LogP contribution in [0, 0.1) is 0 Å². The number of rotatable bonds is 5. The molecule has 2 N–H and O–H groups in total. The van der Waals surface area contributed by atoms with E-state index in [0.717, 1.165) is 11.1 Å². The Hall–Kier alpha value is -3.61. The average Bonchev–Trinajstić information content (AvgIpc) is 2.70. The molecule has 0 aliphatic carbocycles. The molecule has 0 fully saturated rings. The summed E-state index contributed by atoms with van der Waals surface area (Å²) in [4.78, 5) is 36.1. The molecule has 0 aliphatic heterocycles. The van der Waals surface area contributed by atoms with E-state index in [1.165, 1.54) is 18.5 Å². The third kappa shape index (κ3) is 3.34. The summed E-state index contributed by atoms with van der Waals surface area (Å²) in [5, 5.41) is 13.4. The monoisotopic (exact) mass is 380 g/mol. The average molecular weight is 380 g/mol. The highest BCUT2D eigenvalue weighted by Crippen LogP contribution is 2.34. The van der Waals surface area contributed by atoms with Gasteiger partial charge in [-0.25, -0.2) is 0 Å². The van der Waals surface area contributed by atoms with Crippen molar-refractivity contribution in [2.75, 3.05) is 13.7 Å². The fourth-order valence-corrected chi connectivity index (χ4v) is 3.08. The van der Waals surface area contributed by atoms with Gasteiger partial charge in [0.1, 0.15) is 22.8 Å². The minimum absolute atomic E-state index is 0.222. The molecule has 144 valence electrons. The van der Waals surface area contributed by atoms with E-state index in [1.54, 1.807) is 19.2 Å². The van der Waals surface area contributed by atoms with Gasteiger partial charge >= 0.3 is 0 Å². The lowest BCUT2D eigenvalue weighted by Gasteiger charge is -2.14. The lowest BCUT2D eigenvalue weighted by Crippen LogP contribution is -2.34. The maximum Gasteiger partial charge on any atom is 0.267 e. The number of benzene rings is 2. The largest absolute Gasteiger partial charge is 0.506 e. The summed E-state index contributed by atoms with van der Waals surface area (Å²) in [6, 6.07) is 12.6. The van der Waals surface area contributed by atoms with E-state index in [2.05, 4.69) is 5.32 Å². The topological polar surface area (TPSA) is 97.6 Å². The first kappa shape index (κ1) is 19.2. The van der Waals surface area contributed by atoms with Crippen molar-refractivity contribution in [3.63, 3.8) is 0 Å². The van der Waals surface area contributed by atoms with Gasteiger partial charge in [-0.15, -0.1) is 0 Å². The van der Waals surface area contributed by atoms with E-state index < -0.39 is 22.8 Å². The van der Waals surface area contributed by atoms with Crippen LogP contribution in [0.1, 0.15) is 17.3 Å². The minimum atomic E-state index is -0.794. The number of fused-ring (bicyclic) bond motifs is 1. The number of para-hydroxylation sites is 1. The zero-order valence-electron chi connectivity index (χ0n) is 15.8. The van der Waals surface area contributed by atoms with Gasteiger partial charge in [-0.05, 0) is 30.7 Å². The molecule has 1 aromatic heterocycles. The lowest BCUT2D eigenvalue weighted by molar-refractivity contribution is -0.116. The molecule has 7 heteroatoms. The van der Waals surface area contributed by atoms with Gasteiger partial charge in [-0.1, -0.05) is 24.3 Å². The first-order valence-electron chi connectivity index (χ1n) is 8.62. The summed E-state index contributed by atoms with van der Waals surface area (Å²) in [5.74, 6) is -0.816. The molecule has 1 amide bonds. The number of ether oxygens (including phenoxy) is 1. The van der Waals surface area contributed by atoms with Gasteiger partial charge in [0.2, 0.25) is 0 Å². The number of aromatic hydroxyl groups is 1. The van der Waals surface area contributed by atoms with Crippen LogP contribution in [0.25, 0.3) is 22.0 Å². The van der Waals surface area contributed by atoms with Gasteiger partial charge in [0.05, 0.1) is 19.2 Å². The number of aromatic nitrogens is 1. The van der Waals surface area contributed by atoms with Crippen LogP contribution in [0.5, 0.6) is 11.5 Å². The maximum atomic E-state index is 12.6. The van der Waals surface area contributed by atoms with Crippen molar-refractivity contribution in [1.29, 1.82) is 0 Å². The second-order valence-corrected chi connectivity index (χ2v) is 6.40. The van der Waals surface area contributed by atoms with Crippen molar-refractivity contribution in [3.8, 4) is 22.6 Å². The predicted molar refractivity (Wildman–Crippen MR) is 106 cm³/mol. The molecule has 0 radical (unpaired) electrons. The molecule has 0 saturated carbocycles. The van der Waals surface area contributed by atoms with E-state index in [4.69, 9.17) is 4.74 Å². The number of Topliss-reactive ketones (excluding diaryl/α,β-unsaturated/α-hetero) is 1. The standard InChI is InChI=1S/C21H20N2O5/c1-12(24)11-22-20(26)18-19(25)15-10-13(8-9-16(15)23(2)21(18)27)14-6-4-5-7-17(14)28-3/h4-10,25H,11H2,1-3H3,(H,22,26). The molecule has 0 spiro atoms. The van der Waals surface area contributed by atoms with Crippen LogP contribution >= 0.6 is 0 Å². The first-order chi connectivity index (χ1) is 13.3. The normalized spacial score (nSPS) is 10.7. The summed E-state index contributed by atoms with van der Waals surface area (Å²) in [7, 11) is 3.09. The van der Waals surface area contributed by atoms with Gasteiger partial charge in [-0.3, -0.25) is 14.4 Å². The minimum Gasteiger partial charge on any atom is -0.506 e. The Kier molecular flexibility index (Phi) is 5.17. The van der Waals surface area contributed by atoms with Gasteiger partial charge in [0.15, 0.2) is 0 Å². The number of pyridine rings is 1. The Balaban J connectivity index is 2.21. The van der Waals surface area contributed by atoms with Crippen molar-refractivity contribution in [1.82, 2.24) is 9.88 Å². The number of hydrogen-bond donors (Lipinski definition) is 2. The van der Waals surface area contributed by atoms with Crippen LogP contribution in [-0.4, -0.2) is 35.0 Å². The number of hydrogen-bond acceptors (Lipinski definition) is 5. The second kappa shape index (κ2) is 7.56. The van der Waals surface area contributed by atoms with E-state index in [0.29, 0.717) is 16.7 Å². The maximum absolute atomic E-state index is 12.6. The highest BCUT2D eigenvalue weighted by atomic mass is 16.5. The van der Waals surface area contributed by atoms with Crippen molar-refractivity contribution >= 4 is 22.6 Å². The molecule has 0 saturated heterocycles.